The van der Waals surface area contributed by atoms with Crippen molar-refractivity contribution in [3.8, 4) is 17.2 Å². The van der Waals surface area contributed by atoms with Crippen LogP contribution in [0.1, 0.15) is 27.6 Å². The highest BCUT2D eigenvalue weighted by molar-refractivity contribution is 6.21. The summed E-state index contributed by atoms with van der Waals surface area (Å²) in [4.78, 5) is 35.9. The third kappa shape index (κ3) is 4.15. The van der Waals surface area contributed by atoms with E-state index in [9.17, 15) is 14.4 Å². The molecule has 7 nitrogen and oxygen atoms in total. The number of carbonyl (C=O) groups is 3. The Labute approximate surface area is 172 Å². The number of amides is 3. The summed E-state index contributed by atoms with van der Waals surface area (Å²) in [5, 5.41) is 5.03. The van der Waals surface area contributed by atoms with Crippen molar-refractivity contribution in [3.05, 3.63) is 83.9 Å². The molecule has 0 fully saturated rings. The zero-order chi connectivity index (χ0) is 21.1. The van der Waals surface area contributed by atoms with Crippen LogP contribution in [-0.4, -0.2) is 23.8 Å². The fourth-order valence-electron chi connectivity index (χ4n) is 2.98. The molecular formula is C23H18N2O5. The number of rotatable bonds is 6. The number of fused-ring (bicyclic) bond motifs is 1. The first-order valence-corrected chi connectivity index (χ1v) is 9.30. The summed E-state index contributed by atoms with van der Waals surface area (Å²) < 4.78 is 11.4. The molecule has 0 radical (unpaired) electrons. The number of nitrogens with one attached hydrogen (secondary N) is 2. The van der Waals surface area contributed by atoms with Gasteiger partial charge in [0.2, 0.25) is 0 Å². The van der Waals surface area contributed by atoms with Crippen molar-refractivity contribution in [2.75, 3.05) is 5.32 Å². The van der Waals surface area contributed by atoms with Crippen molar-refractivity contribution in [2.24, 2.45) is 0 Å². The van der Waals surface area contributed by atoms with E-state index in [4.69, 9.17) is 9.47 Å². The van der Waals surface area contributed by atoms with E-state index in [-0.39, 0.29) is 11.5 Å². The highest BCUT2D eigenvalue weighted by Crippen LogP contribution is 2.28. The second-order valence-electron chi connectivity index (χ2n) is 6.68. The molecule has 3 aromatic rings. The normalized spacial score (nSPS) is 13.2. The van der Waals surface area contributed by atoms with E-state index < -0.39 is 17.9 Å². The SMILES string of the molecule is C[C@H](Oc1ccccc1)C(=O)Nc1cccc(Oc2ccc3c(c2)C(=O)NC3=O)c1. The maximum Gasteiger partial charge on any atom is 0.265 e. The Morgan fingerprint density at radius 1 is 0.833 bits per heavy atom. The van der Waals surface area contributed by atoms with E-state index in [1.807, 2.05) is 18.2 Å². The first-order chi connectivity index (χ1) is 14.5. The van der Waals surface area contributed by atoms with E-state index in [1.54, 1.807) is 55.5 Å². The molecule has 7 heteroatoms. The van der Waals surface area contributed by atoms with Gasteiger partial charge in [0, 0.05) is 11.8 Å². The van der Waals surface area contributed by atoms with Gasteiger partial charge in [-0.3, -0.25) is 19.7 Å². The smallest absolute Gasteiger partial charge is 0.265 e. The summed E-state index contributed by atoms with van der Waals surface area (Å²) in [5.41, 5.74) is 1.13. The topological polar surface area (TPSA) is 93.7 Å². The Hall–Kier alpha value is -4.13. The zero-order valence-corrected chi connectivity index (χ0v) is 16.0. The summed E-state index contributed by atoms with van der Waals surface area (Å²) in [6.07, 6.45) is -0.690. The lowest BCUT2D eigenvalue weighted by Gasteiger charge is -2.15. The lowest BCUT2D eigenvalue weighted by Crippen LogP contribution is -2.30. The maximum atomic E-state index is 12.4. The molecule has 3 aromatic carbocycles. The number of benzene rings is 3. The summed E-state index contributed by atoms with van der Waals surface area (Å²) in [6, 6.07) is 20.6. The van der Waals surface area contributed by atoms with E-state index >= 15 is 0 Å². The van der Waals surface area contributed by atoms with Crippen molar-refractivity contribution >= 4 is 23.4 Å². The minimum absolute atomic E-state index is 0.272. The molecule has 0 aromatic heterocycles. The Kier molecular flexibility index (Phi) is 5.17. The van der Waals surface area contributed by atoms with Gasteiger partial charge in [0.1, 0.15) is 17.2 Å². The largest absolute Gasteiger partial charge is 0.481 e. The van der Waals surface area contributed by atoms with Crippen LogP contribution in [0.25, 0.3) is 0 Å². The van der Waals surface area contributed by atoms with Gasteiger partial charge in [-0.2, -0.15) is 0 Å². The van der Waals surface area contributed by atoms with Crippen LogP contribution in [0, 0.1) is 0 Å². The predicted octanol–water partition coefficient (Wildman–Crippen LogP) is 3.77. The van der Waals surface area contributed by atoms with Crippen LogP contribution in [0.4, 0.5) is 5.69 Å². The molecule has 3 amide bonds. The van der Waals surface area contributed by atoms with Gasteiger partial charge in [0.15, 0.2) is 6.10 Å². The Morgan fingerprint density at radius 3 is 2.33 bits per heavy atom. The minimum atomic E-state index is -0.690. The van der Waals surface area contributed by atoms with Crippen LogP contribution in [-0.2, 0) is 4.79 Å². The summed E-state index contributed by atoms with van der Waals surface area (Å²) >= 11 is 0. The standard InChI is InChI=1S/C23H18N2O5/c1-14(29-16-7-3-2-4-8-16)21(26)24-15-6-5-9-17(12-15)30-18-10-11-19-20(13-18)23(28)25-22(19)27/h2-14H,1H3,(H,24,26)(H,25,27,28)/t14-/m0/s1. The molecule has 1 aliphatic heterocycles. The first-order valence-electron chi connectivity index (χ1n) is 9.30. The number of para-hydroxylation sites is 1. The predicted molar refractivity (Wildman–Crippen MR) is 110 cm³/mol. The monoisotopic (exact) mass is 402 g/mol. The van der Waals surface area contributed by atoms with Gasteiger partial charge in [-0.1, -0.05) is 24.3 Å². The van der Waals surface area contributed by atoms with E-state index in [0.29, 0.717) is 28.5 Å². The highest BCUT2D eigenvalue weighted by atomic mass is 16.5. The molecule has 1 atom stereocenters. The molecule has 30 heavy (non-hydrogen) atoms. The van der Waals surface area contributed by atoms with Crippen molar-refractivity contribution in [3.63, 3.8) is 0 Å². The number of hydrogen-bond acceptors (Lipinski definition) is 5. The number of ether oxygens (including phenoxy) is 2. The van der Waals surface area contributed by atoms with Gasteiger partial charge >= 0.3 is 0 Å². The second kappa shape index (κ2) is 8.08. The minimum Gasteiger partial charge on any atom is -0.481 e. The molecule has 150 valence electrons. The van der Waals surface area contributed by atoms with Gasteiger partial charge in [-0.15, -0.1) is 0 Å². The van der Waals surface area contributed by atoms with Crippen LogP contribution in [0.15, 0.2) is 72.8 Å². The van der Waals surface area contributed by atoms with E-state index in [1.165, 1.54) is 6.07 Å². The average molecular weight is 402 g/mol. The fraction of sp³-hybridized carbons (Fsp3) is 0.0870. The average Bonchev–Trinajstić information content (AvgIpc) is 3.02. The summed E-state index contributed by atoms with van der Waals surface area (Å²) in [5.74, 6) is 0.309. The van der Waals surface area contributed by atoms with E-state index in [2.05, 4.69) is 10.6 Å². The van der Waals surface area contributed by atoms with Gasteiger partial charge in [0.05, 0.1) is 11.1 Å². The number of imide groups is 1. The number of hydrogen-bond donors (Lipinski definition) is 2. The van der Waals surface area contributed by atoms with Crippen LogP contribution in [0.2, 0.25) is 0 Å². The van der Waals surface area contributed by atoms with Crippen LogP contribution in [0.3, 0.4) is 0 Å². The molecule has 0 bridgehead atoms. The summed E-state index contributed by atoms with van der Waals surface area (Å²) in [6.45, 7) is 1.67. The van der Waals surface area contributed by atoms with Crippen LogP contribution < -0.4 is 20.1 Å². The third-order valence-corrected chi connectivity index (χ3v) is 4.47. The molecule has 1 heterocycles. The molecular weight excluding hydrogens is 384 g/mol. The quantitative estimate of drug-likeness (QED) is 0.612. The lowest BCUT2D eigenvalue weighted by molar-refractivity contribution is -0.122. The second-order valence-corrected chi connectivity index (χ2v) is 6.68. The Balaban J connectivity index is 1.43. The number of anilines is 1. The van der Waals surface area contributed by atoms with Gasteiger partial charge in [0.25, 0.3) is 17.7 Å². The fourth-order valence-corrected chi connectivity index (χ4v) is 2.98. The Bertz CT molecular complexity index is 1130. The van der Waals surface area contributed by atoms with Crippen molar-refractivity contribution in [1.29, 1.82) is 0 Å². The maximum absolute atomic E-state index is 12.4. The van der Waals surface area contributed by atoms with Gasteiger partial charge in [-0.05, 0) is 49.4 Å². The van der Waals surface area contributed by atoms with Gasteiger partial charge < -0.3 is 14.8 Å². The van der Waals surface area contributed by atoms with Crippen molar-refractivity contribution < 1.29 is 23.9 Å². The Morgan fingerprint density at radius 2 is 1.53 bits per heavy atom. The molecule has 0 saturated heterocycles. The van der Waals surface area contributed by atoms with Crippen molar-refractivity contribution in [2.45, 2.75) is 13.0 Å². The van der Waals surface area contributed by atoms with Crippen molar-refractivity contribution in [1.82, 2.24) is 5.32 Å². The molecule has 0 saturated carbocycles. The molecule has 1 aliphatic rings. The first kappa shape index (κ1) is 19.2. The molecule has 4 rings (SSSR count). The van der Waals surface area contributed by atoms with Crippen LogP contribution >= 0.6 is 0 Å². The van der Waals surface area contributed by atoms with Gasteiger partial charge in [-0.25, -0.2) is 0 Å². The zero-order valence-electron chi connectivity index (χ0n) is 16.0. The molecule has 0 aliphatic carbocycles. The van der Waals surface area contributed by atoms with E-state index in [0.717, 1.165) is 0 Å². The summed E-state index contributed by atoms with van der Waals surface area (Å²) in [7, 11) is 0. The third-order valence-electron chi connectivity index (χ3n) is 4.47. The molecule has 0 spiro atoms. The molecule has 2 N–H and O–H groups in total. The lowest BCUT2D eigenvalue weighted by atomic mass is 10.1. The number of carbonyl (C=O) groups excluding carboxylic acids is 3. The van der Waals surface area contributed by atoms with Crippen LogP contribution in [0.5, 0.6) is 17.2 Å². The highest BCUT2D eigenvalue weighted by Gasteiger charge is 2.27. The molecule has 0 unspecified atom stereocenters.